The maximum Gasteiger partial charge on any atom is 0.309 e. The summed E-state index contributed by atoms with van der Waals surface area (Å²) in [6.07, 6.45) is 10.7. The van der Waals surface area contributed by atoms with Crippen molar-refractivity contribution in [1.82, 2.24) is 5.32 Å². The van der Waals surface area contributed by atoms with Crippen molar-refractivity contribution < 1.29 is 24.2 Å². The first-order valence-corrected chi connectivity index (χ1v) is 17.1. The van der Waals surface area contributed by atoms with Crippen molar-refractivity contribution in [1.29, 1.82) is 0 Å². The first-order valence-electron chi connectivity index (χ1n) is 17.1. The van der Waals surface area contributed by atoms with Gasteiger partial charge in [-0.15, -0.1) is 0 Å². The summed E-state index contributed by atoms with van der Waals surface area (Å²) >= 11 is 0. The van der Waals surface area contributed by atoms with E-state index in [1.54, 1.807) is 20.8 Å². The van der Waals surface area contributed by atoms with Crippen LogP contribution in [0.3, 0.4) is 0 Å². The van der Waals surface area contributed by atoms with E-state index < -0.39 is 17.4 Å². The van der Waals surface area contributed by atoms with E-state index in [-0.39, 0.29) is 45.6 Å². The molecular formula is C37H59NO5. The number of carbonyl (C=O) groups excluding carboxylic acids is 2. The molecule has 5 aliphatic rings. The molecule has 6 nitrogen and oxygen atoms in total. The second-order valence-electron chi connectivity index (χ2n) is 17.7. The van der Waals surface area contributed by atoms with Gasteiger partial charge >= 0.3 is 11.9 Å². The molecule has 0 bridgehead atoms. The summed E-state index contributed by atoms with van der Waals surface area (Å²) in [6.45, 7) is 23.9. The van der Waals surface area contributed by atoms with Crippen molar-refractivity contribution in [3.05, 3.63) is 12.2 Å². The van der Waals surface area contributed by atoms with Gasteiger partial charge in [0.15, 0.2) is 0 Å². The van der Waals surface area contributed by atoms with Gasteiger partial charge in [-0.05, 0) is 131 Å². The molecule has 43 heavy (non-hydrogen) atoms. The van der Waals surface area contributed by atoms with Gasteiger partial charge in [0, 0.05) is 17.9 Å². The molecule has 1 amide bonds. The van der Waals surface area contributed by atoms with Gasteiger partial charge in [0.2, 0.25) is 5.91 Å². The summed E-state index contributed by atoms with van der Waals surface area (Å²) in [6, 6.07) is 0. The molecule has 0 spiro atoms. The minimum Gasteiger partial charge on any atom is -0.481 e. The Bertz CT molecular complexity index is 1190. The number of esters is 1. The third kappa shape index (κ3) is 4.73. The topological polar surface area (TPSA) is 92.7 Å². The van der Waals surface area contributed by atoms with Crippen LogP contribution in [0.5, 0.6) is 0 Å². The lowest BCUT2D eigenvalue weighted by molar-refractivity contribution is -0.246. The number of hydrogen-bond donors (Lipinski definition) is 2. The van der Waals surface area contributed by atoms with E-state index in [9.17, 15) is 19.5 Å². The Morgan fingerprint density at radius 2 is 1.53 bits per heavy atom. The van der Waals surface area contributed by atoms with Crippen LogP contribution in [0.2, 0.25) is 0 Å². The molecule has 2 N–H and O–H groups in total. The van der Waals surface area contributed by atoms with Crippen molar-refractivity contribution in [2.45, 2.75) is 145 Å². The molecule has 0 unspecified atom stereocenters. The zero-order valence-electron chi connectivity index (χ0n) is 28.5. The van der Waals surface area contributed by atoms with Crippen molar-refractivity contribution in [2.75, 3.05) is 0 Å². The molecule has 0 radical (unpaired) electrons. The van der Waals surface area contributed by atoms with Gasteiger partial charge in [-0.3, -0.25) is 14.4 Å². The lowest BCUT2D eigenvalue weighted by Gasteiger charge is -2.73. The molecule has 5 saturated carbocycles. The van der Waals surface area contributed by atoms with E-state index in [2.05, 4.69) is 53.4 Å². The van der Waals surface area contributed by atoms with Gasteiger partial charge in [-0.2, -0.15) is 0 Å². The summed E-state index contributed by atoms with van der Waals surface area (Å²) in [5.74, 6) is 1.28. The molecule has 0 aliphatic heterocycles. The SMILES string of the molecule is C=C(C)[C@@H]1CC[C@]2(NC(C)=O)CC[C@]3(C)[C@H](CC[C@@H]4[C@@]5(C)CC[C@H](OC(=O)CC(C)(C)C(=O)O)C(C)(C)[C@@H]5CC[C@]43C)[C@@H]12. The fourth-order valence-corrected chi connectivity index (χ4v) is 12.5. The maximum absolute atomic E-state index is 13.0. The first-order chi connectivity index (χ1) is 19.7. The second kappa shape index (κ2) is 10.3. The van der Waals surface area contributed by atoms with Crippen LogP contribution in [-0.4, -0.2) is 34.6 Å². The molecule has 5 fully saturated rings. The summed E-state index contributed by atoms with van der Waals surface area (Å²) in [7, 11) is 0. The highest BCUT2D eigenvalue weighted by Crippen LogP contribution is 2.76. The highest BCUT2D eigenvalue weighted by atomic mass is 16.5. The molecule has 0 aromatic heterocycles. The largest absolute Gasteiger partial charge is 0.481 e. The van der Waals surface area contributed by atoms with E-state index in [1.165, 1.54) is 24.8 Å². The van der Waals surface area contributed by atoms with Crippen LogP contribution >= 0.6 is 0 Å². The van der Waals surface area contributed by atoms with E-state index >= 15 is 0 Å². The van der Waals surface area contributed by atoms with Gasteiger partial charge in [0.25, 0.3) is 0 Å². The number of ether oxygens (including phenoxy) is 1. The van der Waals surface area contributed by atoms with Gasteiger partial charge in [-0.25, -0.2) is 0 Å². The molecule has 5 aliphatic carbocycles. The average Bonchev–Trinajstić information content (AvgIpc) is 3.25. The number of rotatable bonds is 6. The molecule has 0 heterocycles. The van der Waals surface area contributed by atoms with Crippen LogP contribution in [0.1, 0.15) is 133 Å². The maximum atomic E-state index is 13.0. The van der Waals surface area contributed by atoms with Crippen LogP contribution < -0.4 is 5.32 Å². The Kier molecular flexibility index (Phi) is 7.82. The van der Waals surface area contributed by atoms with Gasteiger partial charge in [0.1, 0.15) is 6.10 Å². The van der Waals surface area contributed by atoms with Crippen molar-refractivity contribution in [3.63, 3.8) is 0 Å². The summed E-state index contributed by atoms with van der Waals surface area (Å²) in [5, 5.41) is 13.1. The highest BCUT2D eigenvalue weighted by Gasteiger charge is 2.71. The zero-order chi connectivity index (χ0) is 32.0. The second-order valence-corrected chi connectivity index (χ2v) is 17.7. The van der Waals surface area contributed by atoms with Crippen LogP contribution in [0.15, 0.2) is 12.2 Å². The number of carboxylic acids is 1. The fraction of sp³-hybridized carbons (Fsp3) is 0.865. The quantitative estimate of drug-likeness (QED) is 0.239. The number of carboxylic acid groups (broad SMARTS) is 1. The predicted molar refractivity (Wildman–Crippen MR) is 169 cm³/mol. The van der Waals surface area contributed by atoms with E-state index in [0.717, 1.165) is 44.9 Å². The number of aliphatic carboxylic acids is 1. The predicted octanol–water partition coefficient (Wildman–Crippen LogP) is 7.95. The van der Waals surface area contributed by atoms with Crippen LogP contribution in [-0.2, 0) is 19.1 Å². The first kappa shape index (κ1) is 32.5. The van der Waals surface area contributed by atoms with Crippen molar-refractivity contribution >= 4 is 17.8 Å². The van der Waals surface area contributed by atoms with Crippen LogP contribution in [0.4, 0.5) is 0 Å². The van der Waals surface area contributed by atoms with Crippen LogP contribution in [0, 0.1) is 56.7 Å². The van der Waals surface area contributed by atoms with Gasteiger partial charge in [0.05, 0.1) is 11.8 Å². The van der Waals surface area contributed by atoms with Crippen molar-refractivity contribution in [2.24, 2.45) is 56.7 Å². The Balaban J connectivity index is 1.42. The number of nitrogens with one attached hydrogen (secondary N) is 1. The summed E-state index contributed by atoms with van der Waals surface area (Å²) in [4.78, 5) is 37.1. The average molecular weight is 598 g/mol. The minimum atomic E-state index is -1.13. The summed E-state index contributed by atoms with van der Waals surface area (Å²) in [5.41, 5.74) is 0.433. The molecule has 0 saturated heterocycles. The lowest BCUT2D eigenvalue weighted by atomic mass is 9.32. The lowest BCUT2D eigenvalue weighted by Crippen LogP contribution is -2.69. The van der Waals surface area contributed by atoms with E-state index in [1.807, 2.05) is 0 Å². The molecule has 6 heteroatoms. The van der Waals surface area contributed by atoms with Crippen molar-refractivity contribution in [3.8, 4) is 0 Å². The number of carbonyl (C=O) groups is 3. The Morgan fingerprint density at radius 3 is 2.14 bits per heavy atom. The number of amides is 1. The summed E-state index contributed by atoms with van der Waals surface area (Å²) < 4.78 is 6.13. The van der Waals surface area contributed by atoms with Gasteiger partial charge in [-0.1, -0.05) is 46.8 Å². The minimum absolute atomic E-state index is 0.0942. The number of hydrogen-bond acceptors (Lipinski definition) is 4. The molecule has 10 atom stereocenters. The normalized spacial score (nSPS) is 45.0. The number of fused-ring (bicyclic) bond motifs is 7. The molecule has 242 valence electrons. The van der Waals surface area contributed by atoms with Gasteiger partial charge < -0.3 is 15.2 Å². The smallest absolute Gasteiger partial charge is 0.309 e. The molecule has 0 aromatic carbocycles. The van der Waals surface area contributed by atoms with E-state index in [4.69, 9.17) is 4.74 Å². The highest BCUT2D eigenvalue weighted by molar-refractivity contribution is 5.81. The monoisotopic (exact) mass is 597 g/mol. The Morgan fingerprint density at radius 1 is 0.860 bits per heavy atom. The zero-order valence-corrected chi connectivity index (χ0v) is 28.5. The Hall–Kier alpha value is -1.85. The third-order valence-electron chi connectivity index (χ3n) is 14.9. The standard InChI is InChI=1S/C37H59NO5/c1-22(2)24-13-18-37(38-23(3)39)20-19-35(9)25(30(24)37)11-12-27-34(8)16-15-28(43-29(40)21-32(4,5)31(41)42)33(6,7)26(34)14-17-36(27,35)10/h24-28,30H,1,11-21H2,2-10H3,(H,38,39)(H,41,42)/t24-,25+,26-,27+,28-,30+,34-,35+,36+,37-/m0/s1. The molecule has 5 rings (SSSR count). The fourth-order valence-electron chi connectivity index (χ4n) is 12.5. The van der Waals surface area contributed by atoms with E-state index in [0.29, 0.717) is 29.6 Å². The Labute approximate surface area is 260 Å². The molecule has 0 aromatic rings. The van der Waals surface area contributed by atoms with Crippen LogP contribution in [0.25, 0.3) is 0 Å². The third-order valence-corrected chi connectivity index (χ3v) is 14.9. The number of allylic oxidation sites excluding steroid dienone is 1. The molecular weight excluding hydrogens is 538 g/mol.